The molecule has 1 aliphatic heterocycles. The lowest BCUT2D eigenvalue weighted by Gasteiger charge is -2.54. The Morgan fingerprint density at radius 1 is 1.04 bits per heavy atom. The summed E-state index contributed by atoms with van der Waals surface area (Å²) in [6, 6.07) is 15.4. The Kier molecular flexibility index (Phi) is 5.04. The highest BCUT2D eigenvalue weighted by Gasteiger charge is 2.66. The molecule has 0 unspecified atom stereocenters. The standard InChI is InChI=1S/C21H22BrNO4/c1-20(15-8-6-5-7-9-15)21(18(24)26-3,19(25)27-4)13-14-12-16(22)10-11-17(14)23(20)2/h5-12H,13H2,1-4H3/t20-/m0/s1. The molecule has 0 aliphatic carbocycles. The number of ether oxygens (including phenoxy) is 2. The van der Waals surface area contributed by atoms with Crippen LogP contribution in [0.4, 0.5) is 5.69 Å². The highest BCUT2D eigenvalue weighted by molar-refractivity contribution is 9.10. The number of benzene rings is 2. The first kappa shape index (κ1) is 19.4. The third-order valence-corrected chi connectivity index (χ3v) is 6.26. The van der Waals surface area contributed by atoms with E-state index in [2.05, 4.69) is 15.9 Å². The number of carbonyl (C=O) groups excluding carboxylic acids is 2. The average Bonchev–Trinajstić information content (AvgIpc) is 2.69. The molecule has 0 fully saturated rings. The maximum absolute atomic E-state index is 13.2. The molecule has 0 N–H and O–H groups in total. The minimum atomic E-state index is -1.56. The molecule has 3 rings (SSSR count). The number of hydrogen-bond donors (Lipinski definition) is 0. The third-order valence-electron chi connectivity index (χ3n) is 5.76. The van der Waals surface area contributed by atoms with Gasteiger partial charge in [-0.05, 0) is 36.2 Å². The van der Waals surface area contributed by atoms with Crippen LogP contribution in [0.1, 0.15) is 18.1 Å². The summed E-state index contributed by atoms with van der Waals surface area (Å²) in [7, 11) is 4.49. The molecule has 1 atom stereocenters. The molecule has 2 aromatic rings. The van der Waals surface area contributed by atoms with E-state index in [-0.39, 0.29) is 6.42 Å². The molecule has 0 saturated carbocycles. The van der Waals surface area contributed by atoms with Gasteiger partial charge in [-0.2, -0.15) is 0 Å². The van der Waals surface area contributed by atoms with Gasteiger partial charge in [0.05, 0.1) is 19.8 Å². The average molecular weight is 432 g/mol. The minimum Gasteiger partial charge on any atom is -0.468 e. The predicted molar refractivity (Wildman–Crippen MR) is 107 cm³/mol. The van der Waals surface area contributed by atoms with Crippen molar-refractivity contribution >= 4 is 33.6 Å². The molecule has 0 aromatic heterocycles. The molecule has 0 bridgehead atoms. The van der Waals surface area contributed by atoms with Crippen LogP contribution >= 0.6 is 15.9 Å². The maximum atomic E-state index is 13.2. The van der Waals surface area contributed by atoms with Crippen LogP contribution in [0.25, 0.3) is 0 Å². The van der Waals surface area contributed by atoms with Crippen molar-refractivity contribution in [3.8, 4) is 0 Å². The summed E-state index contributed by atoms with van der Waals surface area (Å²) < 4.78 is 11.2. The zero-order chi connectivity index (χ0) is 19.8. The fourth-order valence-corrected chi connectivity index (χ4v) is 4.59. The van der Waals surface area contributed by atoms with Crippen LogP contribution in [0.5, 0.6) is 0 Å². The van der Waals surface area contributed by atoms with E-state index in [1.807, 2.05) is 67.4 Å². The zero-order valence-electron chi connectivity index (χ0n) is 15.8. The molecular formula is C21H22BrNO4. The first-order valence-corrected chi connectivity index (χ1v) is 9.37. The van der Waals surface area contributed by atoms with Crippen molar-refractivity contribution in [3.05, 3.63) is 64.1 Å². The highest BCUT2D eigenvalue weighted by atomic mass is 79.9. The lowest BCUT2D eigenvalue weighted by molar-refractivity contribution is -0.176. The third kappa shape index (κ3) is 2.65. The van der Waals surface area contributed by atoms with Crippen molar-refractivity contribution in [1.29, 1.82) is 0 Å². The number of methoxy groups -OCH3 is 2. The quantitative estimate of drug-likeness (QED) is 0.547. The van der Waals surface area contributed by atoms with E-state index >= 15 is 0 Å². The number of hydrogen-bond acceptors (Lipinski definition) is 5. The molecule has 6 heteroatoms. The van der Waals surface area contributed by atoms with Crippen LogP contribution in [-0.2, 0) is 31.0 Å². The van der Waals surface area contributed by atoms with E-state index in [0.717, 1.165) is 21.3 Å². The van der Waals surface area contributed by atoms with Crippen molar-refractivity contribution in [1.82, 2.24) is 0 Å². The number of fused-ring (bicyclic) bond motifs is 1. The van der Waals surface area contributed by atoms with Gasteiger partial charge < -0.3 is 14.4 Å². The Labute approximate surface area is 167 Å². The first-order chi connectivity index (χ1) is 12.8. The lowest BCUT2D eigenvalue weighted by atomic mass is 9.60. The lowest BCUT2D eigenvalue weighted by Crippen LogP contribution is -2.66. The number of anilines is 1. The molecule has 0 saturated heterocycles. The second-order valence-corrected chi connectivity index (χ2v) is 7.75. The molecule has 1 heterocycles. The van der Waals surface area contributed by atoms with Crippen molar-refractivity contribution in [3.63, 3.8) is 0 Å². The Morgan fingerprint density at radius 3 is 2.19 bits per heavy atom. The van der Waals surface area contributed by atoms with Crippen molar-refractivity contribution in [2.45, 2.75) is 18.9 Å². The van der Waals surface area contributed by atoms with Crippen molar-refractivity contribution < 1.29 is 19.1 Å². The molecule has 0 amide bonds. The van der Waals surface area contributed by atoms with E-state index in [0.29, 0.717) is 0 Å². The fraction of sp³-hybridized carbons (Fsp3) is 0.333. The molecule has 0 spiro atoms. The van der Waals surface area contributed by atoms with Crippen LogP contribution in [-0.4, -0.2) is 33.2 Å². The second kappa shape index (κ2) is 7.00. The zero-order valence-corrected chi connectivity index (χ0v) is 17.4. The van der Waals surface area contributed by atoms with Gasteiger partial charge in [0.15, 0.2) is 5.41 Å². The molecule has 1 aliphatic rings. The van der Waals surface area contributed by atoms with Gasteiger partial charge in [-0.3, -0.25) is 9.59 Å². The van der Waals surface area contributed by atoms with Gasteiger partial charge in [-0.25, -0.2) is 0 Å². The summed E-state index contributed by atoms with van der Waals surface area (Å²) in [6.07, 6.45) is 0.177. The van der Waals surface area contributed by atoms with Gasteiger partial charge in [0.25, 0.3) is 0 Å². The van der Waals surface area contributed by atoms with E-state index in [1.54, 1.807) is 0 Å². The van der Waals surface area contributed by atoms with Gasteiger partial charge in [-0.15, -0.1) is 0 Å². The van der Waals surface area contributed by atoms with Crippen molar-refractivity contribution in [2.24, 2.45) is 5.41 Å². The smallest absolute Gasteiger partial charge is 0.326 e. The van der Waals surface area contributed by atoms with E-state index in [4.69, 9.17) is 9.47 Å². The molecule has 0 radical (unpaired) electrons. The largest absolute Gasteiger partial charge is 0.468 e. The maximum Gasteiger partial charge on any atom is 0.326 e. The van der Waals surface area contributed by atoms with Gasteiger partial charge >= 0.3 is 11.9 Å². The number of nitrogens with zero attached hydrogens (tertiary/aromatic N) is 1. The van der Waals surface area contributed by atoms with Gasteiger partial charge in [0.1, 0.15) is 0 Å². The fourth-order valence-electron chi connectivity index (χ4n) is 4.18. The van der Waals surface area contributed by atoms with Crippen LogP contribution in [0.15, 0.2) is 53.0 Å². The molecule has 27 heavy (non-hydrogen) atoms. The highest BCUT2D eigenvalue weighted by Crippen LogP contribution is 2.54. The number of halogens is 1. The Bertz CT molecular complexity index is 867. The Hall–Kier alpha value is -2.34. The number of rotatable bonds is 3. The number of carbonyl (C=O) groups is 2. The summed E-state index contributed by atoms with van der Waals surface area (Å²) in [6.45, 7) is 1.89. The minimum absolute atomic E-state index is 0.177. The summed E-state index contributed by atoms with van der Waals surface area (Å²) in [5.74, 6) is -1.23. The Balaban J connectivity index is 2.39. The van der Waals surface area contributed by atoms with E-state index in [1.165, 1.54) is 14.2 Å². The molecule has 142 valence electrons. The molecule has 5 nitrogen and oxygen atoms in total. The molecule has 2 aromatic carbocycles. The Morgan fingerprint density at radius 2 is 1.63 bits per heavy atom. The summed E-state index contributed by atoms with van der Waals surface area (Å²) in [4.78, 5) is 28.3. The van der Waals surface area contributed by atoms with Gasteiger partial charge in [0, 0.05) is 23.6 Å². The normalized spacial score (nSPS) is 20.6. The van der Waals surface area contributed by atoms with E-state index in [9.17, 15) is 9.59 Å². The second-order valence-electron chi connectivity index (χ2n) is 6.84. The monoisotopic (exact) mass is 431 g/mol. The van der Waals surface area contributed by atoms with Crippen LogP contribution < -0.4 is 4.90 Å². The van der Waals surface area contributed by atoms with Crippen molar-refractivity contribution in [2.75, 3.05) is 26.2 Å². The van der Waals surface area contributed by atoms with E-state index < -0.39 is 22.9 Å². The summed E-state index contributed by atoms with van der Waals surface area (Å²) in [5, 5.41) is 0. The first-order valence-electron chi connectivity index (χ1n) is 8.57. The van der Waals surface area contributed by atoms with Gasteiger partial charge in [0.2, 0.25) is 0 Å². The van der Waals surface area contributed by atoms with Crippen LogP contribution in [0.2, 0.25) is 0 Å². The topological polar surface area (TPSA) is 55.8 Å². The van der Waals surface area contributed by atoms with Crippen LogP contribution in [0.3, 0.4) is 0 Å². The SMILES string of the molecule is COC(=O)C1(C(=O)OC)Cc2cc(Br)ccc2N(C)[C@@]1(C)c1ccccc1. The van der Waals surface area contributed by atoms with Crippen LogP contribution in [0, 0.1) is 5.41 Å². The predicted octanol–water partition coefficient (Wildman–Crippen LogP) is 3.69. The molecular weight excluding hydrogens is 410 g/mol. The summed E-state index contributed by atoms with van der Waals surface area (Å²) in [5.41, 5.74) is 0.0938. The van der Waals surface area contributed by atoms with Gasteiger partial charge in [-0.1, -0.05) is 46.3 Å². The number of esters is 2. The summed E-state index contributed by atoms with van der Waals surface area (Å²) >= 11 is 3.48.